The van der Waals surface area contributed by atoms with Crippen LogP contribution in [0.15, 0.2) is 36.5 Å². The van der Waals surface area contributed by atoms with Crippen LogP contribution in [0.25, 0.3) is 0 Å². The predicted molar refractivity (Wildman–Crippen MR) is 81.7 cm³/mol. The Hall–Kier alpha value is -2.19. The number of nitrogen functional groups attached to an aromatic ring is 1. The molecule has 128 valence electrons. The summed E-state index contributed by atoms with van der Waals surface area (Å²) in [6.07, 6.45) is -3.10. The lowest BCUT2D eigenvalue weighted by Gasteiger charge is -2.24. The van der Waals surface area contributed by atoms with Crippen LogP contribution in [0.2, 0.25) is 0 Å². The highest BCUT2D eigenvalue weighted by Gasteiger charge is 2.35. The molecule has 0 unspecified atom stereocenters. The molecule has 1 saturated heterocycles. The standard InChI is InChI=1S/C16H17F3N4O/c17-16(18,19)11-3-1-2-10(6-11)13-7-12(24)8-23(13)9-15-21-5-4-14(20)22-15/h1-6,12-13,24H,7-9H2,(H2,20,21,22)/t12-,13-/m0/s1. The first-order valence-corrected chi connectivity index (χ1v) is 7.49. The fraction of sp³-hybridized carbons (Fsp3) is 0.375. The van der Waals surface area contributed by atoms with E-state index in [4.69, 9.17) is 5.73 Å². The van der Waals surface area contributed by atoms with Crippen molar-refractivity contribution in [2.45, 2.75) is 31.3 Å². The first-order chi connectivity index (χ1) is 11.3. The van der Waals surface area contributed by atoms with Gasteiger partial charge in [-0.05, 0) is 30.2 Å². The molecule has 0 bridgehead atoms. The van der Waals surface area contributed by atoms with E-state index in [0.29, 0.717) is 36.7 Å². The number of anilines is 1. The molecule has 0 amide bonds. The SMILES string of the molecule is Nc1ccnc(CN2C[C@@H](O)C[C@H]2c2cccc(C(F)(F)F)c2)n1. The first-order valence-electron chi connectivity index (χ1n) is 7.49. The summed E-state index contributed by atoms with van der Waals surface area (Å²) in [4.78, 5) is 10.1. The maximum atomic E-state index is 12.9. The van der Waals surface area contributed by atoms with E-state index in [0.717, 1.165) is 12.1 Å². The quantitative estimate of drug-likeness (QED) is 0.899. The van der Waals surface area contributed by atoms with E-state index < -0.39 is 17.8 Å². The molecule has 1 aromatic heterocycles. The van der Waals surface area contributed by atoms with Gasteiger partial charge >= 0.3 is 6.18 Å². The Morgan fingerprint density at radius 2 is 2.08 bits per heavy atom. The molecule has 1 aliphatic rings. The Bertz CT molecular complexity index is 722. The zero-order chi connectivity index (χ0) is 17.3. The van der Waals surface area contributed by atoms with Crippen LogP contribution in [0.3, 0.4) is 0 Å². The topological polar surface area (TPSA) is 75.3 Å². The van der Waals surface area contributed by atoms with E-state index in [1.54, 1.807) is 12.1 Å². The van der Waals surface area contributed by atoms with E-state index in [9.17, 15) is 18.3 Å². The number of halogens is 3. The van der Waals surface area contributed by atoms with Crippen molar-refractivity contribution in [3.05, 3.63) is 53.5 Å². The van der Waals surface area contributed by atoms with Gasteiger partial charge in [-0.25, -0.2) is 9.97 Å². The van der Waals surface area contributed by atoms with E-state index >= 15 is 0 Å². The van der Waals surface area contributed by atoms with Crippen molar-refractivity contribution < 1.29 is 18.3 Å². The summed E-state index contributed by atoms with van der Waals surface area (Å²) in [5.41, 5.74) is 5.46. The highest BCUT2D eigenvalue weighted by Crippen LogP contribution is 2.36. The number of benzene rings is 1. The van der Waals surface area contributed by atoms with Crippen LogP contribution in [0.5, 0.6) is 0 Å². The number of rotatable bonds is 3. The molecule has 3 N–H and O–H groups in total. The third kappa shape index (κ3) is 3.65. The number of alkyl halides is 3. The average Bonchev–Trinajstić information content (AvgIpc) is 2.87. The highest BCUT2D eigenvalue weighted by atomic mass is 19.4. The number of aromatic nitrogens is 2. The average molecular weight is 338 g/mol. The minimum Gasteiger partial charge on any atom is -0.392 e. The summed E-state index contributed by atoms with van der Waals surface area (Å²) >= 11 is 0. The fourth-order valence-corrected chi connectivity index (χ4v) is 3.00. The van der Waals surface area contributed by atoms with Gasteiger partial charge in [0.15, 0.2) is 0 Å². The molecule has 2 aromatic rings. The van der Waals surface area contributed by atoms with E-state index in [-0.39, 0.29) is 6.04 Å². The van der Waals surface area contributed by atoms with Crippen LogP contribution < -0.4 is 5.73 Å². The molecule has 1 fully saturated rings. The molecular formula is C16H17F3N4O. The second-order valence-electron chi connectivity index (χ2n) is 5.86. The maximum absolute atomic E-state index is 12.9. The second-order valence-corrected chi connectivity index (χ2v) is 5.86. The molecule has 0 saturated carbocycles. The first kappa shape index (κ1) is 16.7. The zero-order valence-corrected chi connectivity index (χ0v) is 12.7. The van der Waals surface area contributed by atoms with Crippen LogP contribution in [-0.2, 0) is 12.7 Å². The van der Waals surface area contributed by atoms with Crippen LogP contribution in [0.1, 0.15) is 29.4 Å². The minimum absolute atomic E-state index is 0.309. The molecule has 24 heavy (non-hydrogen) atoms. The minimum atomic E-state index is -4.39. The summed E-state index contributed by atoms with van der Waals surface area (Å²) in [6.45, 7) is 0.655. The molecule has 2 atom stereocenters. The Morgan fingerprint density at radius 1 is 1.29 bits per heavy atom. The zero-order valence-electron chi connectivity index (χ0n) is 12.7. The van der Waals surface area contributed by atoms with Crippen LogP contribution >= 0.6 is 0 Å². The molecule has 1 aliphatic heterocycles. The van der Waals surface area contributed by atoms with Crippen LogP contribution in [-0.4, -0.2) is 32.6 Å². The van der Waals surface area contributed by atoms with Gasteiger partial charge < -0.3 is 10.8 Å². The van der Waals surface area contributed by atoms with Crippen LogP contribution in [0.4, 0.5) is 19.0 Å². The molecule has 0 spiro atoms. The fourth-order valence-electron chi connectivity index (χ4n) is 3.00. The number of aliphatic hydroxyl groups excluding tert-OH is 1. The van der Waals surface area contributed by atoms with Crippen molar-refractivity contribution in [1.29, 1.82) is 0 Å². The summed E-state index contributed by atoms with van der Waals surface area (Å²) < 4.78 is 38.8. The third-order valence-electron chi connectivity index (χ3n) is 4.05. The van der Waals surface area contributed by atoms with Gasteiger partial charge in [-0.15, -0.1) is 0 Å². The highest BCUT2D eigenvalue weighted by molar-refractivity contribution is 5.29. The third-order valence-corrected chi connectivity index (χ3v) is 4.05. The Kier molecular flexibility index (Phi) is 4.42. The summed E-state index contributed by atoms with van der Waals surface area (Å²) in [6, 6.07) is 6.44. The smallest absolute Gasteiger partial charge is 0.392 e. The van der Waals surface area contributed by atoms with Gasteiger partial charge in [-0.1, -0.05) is 12.1 Å². The Morgan fingerprint density at radius 3 is 2.79 bits per heavy atom. The van der Waals surface area contributed by atoms with Gasteiger partial charge in [0.25, 0.3) is 0 Å². The predicted octanol–water partition coefficient (Wildman–Crippen LogP) is 2.39. The van der Waals surface area contributed by atoms with Gasteiger partial charge in [0.05, 0.1) is 18.2 Å². The Labute approximate surface area is 137 Å². The summed E-state index contributed by atoms with van der Waals surface area (Å²) in [5.74, 6) is 0.802. The number of hydrogen-bond donors (Lipinski definition) is 2. The number of likely N-dealkylation sites (tertiary alicyclic amines) is 1. The second kappa shape index (κ2) is 6.37. The van der Waals surface area contributed by atoms with Gasteiger partial charge in [-0.2, -0.15) is 13.2 Å². The molecular weight excluding hydrogens is 321 g/mol. The monoisotopic (exact) mass is 338 g/mol. The van der Waals surface area contributed by atoms with E-state index in [1.807, 2.05) is 4.90 Å². The van der Waals surface area contributed by atoms with Crippen LogP contribution in [0, 0.1) is 0 Å². The number of nitrogens with two attached hydrogens (primary N) is 1. The lowest BCUT2D eigenvalue weighted by atomic mass is 10.0. The van der Waals surface area contributed by atoms with Gasteiger partial charge in [0.2, 0.25) is 0 Å². The number of hydrogen-bond acceptors (Lipinski definition) is 5. The molecule has 3 rings (SSSR count). The molecule has 0 aliphatic carbocycles. The van der Waals surface area contributed by atoms with Crippen molar-refractivity contribution in [3.8, 4) is 0 Å². The molecule has 8 heteroatoms. The number of nitrogens with zero attached hydrogens (tertiary/aromatic N) is 3. The van der Waals surface area contributed by atoms with Crippen molar-refractivity contribution in [2.75, 3.05) is 12.3 Å². The molecule has 0 radical (unpaired) electrons. The molecule has 1 aromatic carbocycles. The Balaban J connectivity index is 1.85. The van der Waals surface area contributed by atoms with Crippen molar-refractivity contribution >= 4 is 5.82 Å². The largest absolute Gasteiger partial charge is 0.416 e. The number of β-amino-alcohol motifs (C(OH)–C–C–N with tert-alkyl or cyclic N) is 1. The van der Waals surface area contributed by atoms with Crippen molar-refractivity contribution in [1.82, 2.24) is 14.9 Å². The molecule has 2 heterocycles. The van der Waals surface area contributed by atoms with Gasteiger partial charge in [0, 0.05) is 18.8 Å². The van der Waals surface area contributed by atoms with Crippen molar-refractivity contribution in [2.24, 2.45) is 0 Å². The molecule has 5 nitrogen and oxygen atoms in total. The van der Waals surface area contributed by atoms with Gasteiger partial charge in [-0.3, -0.25) is 4.90 Å². The van der Waals surface area contributed by atoms with E-state index in [2.05, 4.69) is 9.97 Å². The summed E-state index contributed by atoms with van der Waals surface area (Å²) in [7, 11) is 0. The number of aliphatic hydroxyl groups is 1. The van der Waals surface area contributed by atoms with E-state index in [1.165, 1.54) is 12.3 Å². The maximum Gasteiger partial charge on any atom is 0.416 e. The van der Waals surface area contributed by atoms with Gasteiger partial charge in [0.1, 0.15) is 11.6 Å². The van der Waals surface area contributed by atoms with Crippen molar-refractivity contribution in [3.63, 3.8) is 0 Å². The normalized spacial score (nSPS) is 22.0. The lowest BCUT2D eigenvalue weighted by Crippen LogP contribution is -2.25. The lowest BCUT2D eigenvalue weighted by molar-refractivity contribution is -0.137. The summed E-state index contributed by atoms with van der Waals surface area (Å²) in [5, 5.41) is 9.96.